The van der Waals surface area contributed by atoms with Crippen molar-refractivity contribution >= 4 is 44.4 Å². The number of ether oxygens (including phenoxy) is 2. The maximum absolute atomic E-state index is 14.4. The zero-order valence-electron chi connectivity index (χ0n) is 18.5. The van der Waals surface area contributed by atoms with Crippen LogP contribution < -0.4 is 0 Å². The molecule has 0 amide bonds. The second-order valence-electron chi connectivity index (χ2n) is 8.31. The topological polar surface area (TPSA) is 73.7 Å². The molecule has 0 unspecified atom stereocenters. The van der Waals surface area contributed by atoms with Crippen LogP contribution in [0.1, 0.15) is 18.4 Å². The van der Waals surface area contributed by atoms with Gasteiger partial charge < -0.3 is 14.0 Å². The standard InChI is InChI=1S/C23H25ClFN3O4S2/c24-19-5-1-3-16(22(19)25)15-33-23-26-20-13-18(34(29,30)27-8-11-31-12-9-27)6-7-21(20)28(23)14-17-4-2-10-32-17/h1,3,5-7,13,17H,2,4,8-12,14-15H2/t17-/m1/s1. The van der Waals surface area contributed by atoms with Gasteiger partial charge in [-0.2, -0.15) is 4.31 Å². The molecule has 0 saturated carbocycles. The summed E-state index contributed by atoms with van der Waals surface area (Å²) < 4.78 is 55.3. The van der Waals surface area contributed by atoms with Crippen LogP contribution in [-0.2, 0) is 31.8 Å². The van der Waals surface area contributed by atoms with Gasteiger partial charge in [-0.3, -0.25) is 0 Å². The Balaban J connectivity index is 1.48. The van der Waals surface area contributed by atoms with Crippen molar-refractivity contribution < 1.29 is 22.3 Å². The van der Waals surface area contributed by atoms with Crippen LogP contribution in [-0.4, -0.2) is 61.3 Å². The van der Waals surface area contributed by atoms with Crippen molar-refractivity contribution in [2.45, 2.75) is 41.3 Å². The number of aromatic nitrogens is 2. The van der Waals surface area contributed by atoms with Crippen molar-refractivity contribution in [3.05, 3.63) is 52.8 Å². The van der Waals surface area contributed by atoms with Gasteiger partial charge in [-0.25, -0.2) is 17.8 Å². The Labute approximate surface area is 207 Å². The maximum Gasteiger partial charge on any atom is 0.243 e. The van der Waals surface area contributed by atoms with Crippen LogP contribution in [0.5, 0.6) is 0 Å². The number of rotatable bonds is 7. The minimum Gasteiger partial charge on any atom is -0.379 e. The number of morpholine rings is 1. The Bertz CT molecular complexity index is 1290. The van der Waals surface area contributed by atoms with Crippen LogP contribution in [0.2, 0.25) is 5.02 Å². The van der Waals surface area contributed by atoms with Crippen molar-refractivity contribution in [3.8, 4) is 0 Å². The highest BCUT2D eigenvalue weighted by Crippen LogP contribution is 2.32. The lowest BCUT2D eigenvalue weighted by atomic mass is 10.2. The normalized spacial score (nSPS) is 19.8. The van der Waals surface area contributed by atoms with Crippen molar-refractivity contribution in [3.63, 3.8) is 0 Å². The summed E-state index contributed by atoms with van der Waals surface area (Å²) >= 11 is 7.33. The predicted molar refractivity (Wildman–Crippen MR) is 129 cm³/mol. The van der Waals surface area contributed by atoms with E-state index in [0.717, 1.165) is 25.0 Å². The molecule has 7 nitrogen and oxygen atoms in total. The van der Waals surface area contributed by atoms with Crippen molar-refractivity contribution in [1.29, 1.82) is 0 Å². The summed E-state index contributed by atoms with van der Waals surface area (Å²) in [5.74, 6) is -0.0856. The molecule has 2 aliphatic heterocycles. The Hall–Kier alpha value is -1.69. The molecule has 1 atom stereocenters. The zero-order chi connectivity index (χ0) is 23.7. The van der Waals surface area contributed by atoms with Crippen molar-refractivity contribution in [2.24, 2.45) is 0 Å². The van der Waals surface area contributed by atoms with Gasteiger partial charge in [0.25, 0.3) is 0 Å². The highest BCUT2D eigenvalue weighted by Gasteiger charge is 2.28. The first kappa shape index (κ1) is 24.0. The Morgan fingerprint density at radius 1 is 1.18 bits per heavy atom. The molecule has 0 bridgehead atoms. The maximum atomic E-state index is 14.4. The highest BCUT2D eigenvalue weighted by atomic mass is 35.5. The molecule has 0 N–H and O–H groups in total. The van der Waals surface area contributed by atoms with Gasteiger partial charge in [0.2, 0.25) is 10.0 Å². The average Bonchev–Trinajstić information content (AvgIpc) is 3.48. The fourth-order valence-electron chi connectivity index (χ4n) is 4.26. The van der Waals surface area contributed by atoms with E-state index in [1.807, 2.05) is 4.57 Å². The molecular weight excluding hydrogens is 501 g/mol. The van der Waals surface area contributed by atoms with Gasteiger partial charge in [0, 0.05) is 25.4 Å². The number of hydrogen-bond acceptors (Lipinski definition) is 6. The molecule has 3 heterocycles. The Kier molecular flexibility index (Phi) is 7.15. The van der Waals surface area contributed by atoms with Crippen LogP contribution in [0.3, 0.4) is 0 Å². The first-order chi connectivity index (χ1) is 16.4. The van der Waals surface area contributed by atoms with E-state index in [-0.39, 0.29) is 16.0 Å². The van der Waals surface area contributed by atoms with E-state index in [1.54, 1.807) is 30.3 Å². The Morgan fingerprint density at radius 3 is 2.76 bits per heavy atom. The van der Waals surface area contributed by atoms with Crippen LogP contribution >= 0.6 is 23.4 Å². The lowest BCUT2D eigenvalue weighted by Crippen LogP contribution is -2.40. The van der Waals surface area contributed by atoms with E-state index in [2.05, 4.69) is 0 Å². The van der Waals surface area contributed by atoms with Gasteiger partial charge in [0.1, 0.15) is 5.82 Å². The number of benzene rings is 2. The van der Waals surface area contributed by atoms with E-state index in [9.17, 15) is 12.8 Å². The fraction of sp³-hybridized carbons (Fsp3) is 0.435. The summed E-state index contributed by atoms with van der Waals surface area (Å²) in [5, 5.41) is 0.773. The summed E-state index contributed by atoms with van der Waals surface area (Å²) in [4.78, 5) is 4.96. The molecule has 11 heteroatoms. The minimum absolute atomic E-state index is 0.0661. The molecule has 182 valence electrons. The van der Waals surface area contributed by atoms with Gasteiger partial charge in [-0.1, -0.05) is 35.5 Å². The van der Waals surface area contributed by atoms with Gasteiger partial charge in [-0.05, 0) is 42.7 Å². The summed E-state index contributed by atoms with van der Waals surface area (Å²) in [6.45, 7) is 2.78. The first-order valence-corrected chi connectivity index (χ1v) is 14.0. The van der Waals surface area contributed by atoms with Crippen LogP contribution in [0.4, 0.5) is 4.39 Å². The van der Waals surface area contributed by atoms with E-state index in [4.69, 9.17) is 26.1 Å². The number of halogens is 2. The zero-order valence-corrected chi connectivity index (χ0v) is 20.8. The molecule has 5 rings (SSSR count). The molecule has 2 aliphatic rings. The molecule has 2 aromatic carbocycles. The first-order valence-electron chi connectivity index (χ1n) is 11.2. The number of hydrogen-bond donors (Lipinski definition) is 0. The largest absolute Gasteiger partial charge is 0.379 e. The van der Waals surface area contributed by atoms with Gasteiger partial charge in [0.05, 0.1) is 46.8 Å². The average molecular weight is 526 g/mol. The SMILES string of the molecule is O=S(=O)(c1ccc2c(c1)nc(SCc1cccc(Cl)c1F)n2C[C@H]1CCCO1)N1CCOCC1. The molecule has 2 fully saturated rings. The second kappa shape index (κ2) is 10.1. The quantitative estimate of drug-likeness (QED) is 0.428. The van der Waals surface area contributed by atoms with Gasteiger partial charge >= 0.3 is 0 Å². The molecule has 2 saturated heterocycles. The summed E-state index contributed by atoms with van der Waals surface area (Å²) in [6, 6.07) is 10.00. The molecule has 34 heavy (non-hydrogen) atoms. The third kappa shape index (κ3) is 4.84. The number of nitrogens with zero attached hydrogens (tertiary/aromatic N) is 3. The van der Waals surface area contributed by atoms with E-state index in [0.29, 0.717) is 54.8 Å². The van der Waals surface area contributed by atoms with Gasteiger partial charge in [-0.15, -0.1) is 0 Å². The van der Waals surface area contributed by atoms with E-state index in [1.165, 1.54) is 22.1 Å². The molecule has 0 radical (unpaired) electrons. The molecule has 0 spiro atoms. The molecule has 3 aromatic rings. The van der Waals surface area contributed by atoms with Gasteiger partial charge in [0.15, 0.2) is 5.16 Å². The second-order valence-corrected chi connectivity index (χ2v) is 11.6. The third-order valence-electron chi connectivity index (χ3n) is 6.09. The fourth-order valence-corrected chi connectivity index (χ4v) is 6.89. The minimum atomic E-state index is -3.64. The number of imidazole rings is 1. The van der Waals surface area contributed by atoms with Crippen LogP contribution in [0, 0.1) is 5.82 Å². The predicted octanol–water partition coefficient (Wildman–Crippen LogP) is 4.32. The number of sulfonamides is 1. The number of fused-ring (bicyclic) bond motifs is 1. The summed E-state index contributed by atoms with van der Waals surface area (Å²) in [7, 11) is -3.64. The molecular formula is C23H25ClFN3O4S2. The van der Waals surface area contributed by atoms with Crippen LogP contribution in [0.15, 0.2) is 46.5 Å². The van der Waals surface area contributed by atoms with E-state index < -0.39 is 15.8 Å². The van der Waals surface area contributed by atoms with E-state index >= 15 is 0 Å². The lowest BCUT2D eigenvalue weighted by Gasteiger charge is -2.26. The smallest absolute Gasteiger partial charge is 0.243 e. The van der Waals surface area contributed by atoms with Crippen LogP contribution in [0.25, 0.3) is 11.0 Å². The third-order valence-corrected chi connectivity index (χ3v) is 9.30. The number of thioether (sulfide) groups is 1. The lowest BCUT2D eigenvalue weighted by molar-refractivity contribution is 0.0730. The molecule has 0 aliphatic carbocycles. The highest BCUT2D eigenvalue weighted by molar-refractivity contribution is 7.98. The molecule has 1 aromatic heterocycles. The monoisotopic (exact) mass is 525 g/mol. The summed E-state index contributed by atoms with van der Waals surface area (Å²) in [6.07, 6.45) is 2.03. The van der Waals surface area contributed by atoms with Crippen molar-refractivity contribution in [1.82, 2.24) is 13.9 Å². The summed E-state index contributed by atoms with van der Waals surface area (Å²) in [5.41, 5.74) is 1.90. The van der Waals surface area contributed by atoms with Crippen molar-refractivity contribution in [2.75, 3.05) is 32.9 Å². The Morgan fingerprint density at radius 2 is 2.00 bits per heavy atom.